The van der Waals surface area contributed by atoms with Gasteiger partial charge in [-0.05, 0) is 25.5 Å². The summed E-state index contributed by atoms with van der Waals surface area (Å²) in [5.74, 6) is 6.38. The Morgan fingerprint density at radius 2 is 2.50 bits per heavy atom. The molecule has 0 aliphatic carbocycles. The predicted octanol–water partition coefficient (Wildman–Crippen LogP) is 1.08. The van der Waals surface area contributed by atoms with E-state index < -0.39 is 0 Å². The first-order valence-corrected chi connectivity index (χ1v) is 4.93. The minimum atomic E-state index is 0.194. The van der Waals surface area contributed by atoms with E-state index in [1.54, 1.807) is 6.26 Å². The molecule has 1 atom stereocenters. The Morgan fingerprint density at radius 1 is 1.64 bits per heavy atom. The highest BCUT2D eigenvalue weighted by Gasteiger charge is 2.07. The van der Waals surface area contributed by atoms with Gasteiger partial charge in [-0.3, -0.25) is 11.3 Å². The van der Waals surface area contributed by atoms with Gasteiger partial charge < -0.3 is 9.15 Å². The van der Waals surface area contributed by atoms with E-state index in [4.69, 9.17) is 15.0 Å². The maximum Gasteiger partial charge on any atom is 0.103 e. The number of hydrogen-bond donors (Lipinski definition) is 2. The first-order chi connectivity index (χ1) is 6.86. The van der Waals surface area contributed by atoms with Crippen molar-refractivity contribution in [2.75, 3.05) is 13.2 Å². The standard InChI is InChI=1S/C10H18N2O2/c1-2-13-8-9(12-11)5-6-10-4-3-7-14-10/h3-4,7,9,12H,2,5-6,8,11H2,1H3. The van der Waals surface area contributed by atoms with Crippen LogP contribution in [0.3, 0.4) is 0 Å². The maximum atomic E-state index is 5.39. The molecule has 0 radical (unpaired) electrons. The summed E-state index contributed by atoms with van der Waals surface area (Å²) in [5.41, 5.74) is 2.73. The van der Waals surface area contributed by atoms with Gasteiger partial charge in [0.1, 0.15) is 5.76 Å². The molecule has 0 saturated carbocycles. The summed E-state index contributed by atoms with van der Waals surface area (Å²) >= 11 is 0. The van der Waals surface area contributed by atoms with Crippen LogP contribution in [0.15, 0.2) is 22.8 Å². The number of nitrogens with one attached hydrogen (secondary N) is 1. The van der Waals surface area contributed by atoms with Gasteiger partial charge in [0, 0.05) is 19.1 Å². The zero-order chi connectivity index (χ0) is 10.2. The Bertz CT molecular complexity index is 224. The topological polar surface area (TPSA) is 60.4 Å². The van der Waals surface area contributed by atoms with E-state index >= 15 is 0 Å². The van der Waals surface area contributed by atoms with Gasteiger partial charge in [0.25, 0.3) is 0 Å². The molecule has 0 aliphatic rings. The third-order valence-corrected chi connectivity index (χ3v) is 2.08. The number of ether oxygens (including phenoxy) is 1. The van der Waals surface area contributed by atoms with E-state index in [9.17, 15) is 0 Å². The normalized spacial score (nSPS) is 13.0. The average molecular weight is 198 g/mol. The van der Waals surface area contributed by atoms with E-state index in [1.807, 2.05) is 19.1 Å². The second-order valence-corrected chi connectivity index (χ2v) is 3.14. The molecule has 0 spiro atoms. The molecule has 1 heterocycles. The van der Waals surface area contributed by atoms with Crippen molar-refractivity contribution < 1.29 is 9.15 Å². The lowest BCUT2D eigenvalue weighted by Gasteiger charge is -2.14. The Labute approximate surface area is 84.4 Å². The van der Waals surface area contributed by atoms with Crippen LogP contribution in [-0.4, -0.2) is 19.3 Å². The fourth-order valence-electron chi connectivity index (χ4n) is 1.25. The van der Waals surface area contributed by atoms with Crippen LogP contribution < -0.4 is 11.3 Å². The first kappa shape index (κ1) is 11.2. The third-order valence-electron chi connectivity index (χ3n) is 2.08. The van der Waals surface area contributed by atoms with Gasteiger partial charge >= 0.3 is 0 Å². The first-order valence-electron chi connectivity index (χ1n) is 4.93. The number of rotatable bonds is 7. The molecule has 0 amide bonds. The van der Waals surface area contributed by atoms with Gasteiger partial charge in [0.15, 0.2) is 0 Å². The minimum Gasteiger partial charge on any atom is -0.469 e. The van der Waals surface area contributed by atoms with Crippen LogP contribution in [0, 0.1) is 0 Å². The zero-order valence-electron chi connectivity index (χ0n) is 8.53. The van der Waals surface area contributed by atoms with Crippen molar-refractivity contribution in [3.8, 4) is 0 Å². The van der Waals surface area contributed by atoms with Crippen molar-refractivity contribution in [3.05, 3.63) is 24.2 Å². The van der Waals surface area contributed by atoms with Crippen molar-refractivity contribution in [1.82, 2.24) is 5.43 Å². The lowest BCUT2D eigenvalue weighted by molar-refractivity contribution is 0.120. The molecule has 1 aromatic heterocycles. The minimum absolute atomic E-state index is 0.194. The molecule has 1 rings (SSSR count). The molecule has 80 valence electrons. The van der Waals surface area contributed by atoms with Crippen molar-refractivity contribution in [3.63, 3.8) is 0 Å². The van der Waals surface area contributed by atoms with Crippen molar-refractivity contribution in [2.24, 2.45) is 5.84 Å². The average Bonchev–Trinajstić information content (AvgIpc) is 2.71. The third kappa shape index (κ3) is 3.91. The SMILES string of the molecule is CCOCC(CCc1ccco1)NN. The lowest BCUT2D eigenvalue weighted by Crippen LogP contribution is -2.39. The molecule has 0 bridgehead atoms. The number of aryl methyl sites for hydroxylation is 1. The van der Waals surface area contributed by atoms with Crippen LogP contribution in [-0.2, 0) is 11.2 Å². The molecule has 1 unspecified atom stereocenters. The fourth-order valence-corrected chi connectivity index (χ4v) is 1.25. The fraction of sp³-hybridized carbons (Fsp3) is 0.600. The Morgan fingerprint density at radius 3 is 3.07 bits per heavy atom. The maximum absolute atomic E-state index is 5.39. The van der Waals surface area contributed by atoms with E-state index in [0.717, 1.165) is 25.2 Å². The monoisotopic (exact) mass is 198 g/mol. The molecule has 0 aliphatic heterocycles. The number of nitrogens with two attached hydrogens (primary N) is 1. The van der Waals surface area contributed by atoms with E-state index in [1.165, 1.54) is 0 Å². The van der Waals surface area contributed by atoms with E-state index in [-0.39, 0.29) is 6.04 Å². The highest BCUT2D eigenvalue weighted by molar-refractivity contribution is 4.98. The summed E-state index contributed by atoms with van der Waals surface area (Å²) in [7, 11) is 0. The molecule has 3 N–H and O–H groups in total. The summed E-state index contributed by atoms with van der Waals surface area (Å²) < 4.78 is 10.5. The smallest absolute Gasteiger partial charge is 0.103 e. The second-order valence-electron chi connectivity index (χ2n) is 3.14. The summed E-state index contributed by atoms with van der Waals surface area (Å²) in [6.45, 7) is 3.34. The van der Waals surface area contributed by atoms with Crippen LogP contribution >= 0.6 is 0 Å². The largest absolute Gasteiger partial charge is 0.469 e. The van der Waals surface area contributed by atoms with Crippen molar-refractivity contribution >= 4 is 0 Å². The molecular formula is C10H18N2O2. The van der Waals surface area contributed by atoms with Gasteiger partial charge in [0.05, 0.1) is 12.9 Å². The molecule has 0 aromatic carbocycles. The quantitative estimate of drug-likeness (QED) is 0.508. The summed E-state index contributed by atoms with van der Waals surface area (Å²) in [5, 5.41) is 0. The Kier molecular flexibility index (Phi) is 5.29. The Hall–Kier alpha value is -0.840. The van der Waals surface area contributed by atoms with Crippen LogP contribution in [0.5, 0.6) is 0 Å². The van der Waals surface area contributed by atoms with Gasteiger partial charge in [-0.2, -0.15) is 0 Å². The highest BCUT2D eigenvalue weighted by Crippen LogP contribution is 2.05. The van der Waals surface area contributed by atoms with Crippen molar-refractivity contribution in [2.45, 2.75) is 25.8 Å². The second kappa shape index (κ2) is 6.59. The zero-order valence-corrected chi connectivity index (χ0v) is 8.53. The number of hydrazine groups is 1. The summed E-state index contributed by atoms with van der Waals surface area (Å²) in [4.78, 5) is 0. The van der Waals surface area contributed by atoms with E-state index in [0.29, 0.717) is 6.61 Å². The van der Waals surface area contributed by atoms with Crippen LogP contribution in [0.25, 0.3) is 0 Å². The highest BCUT2D eigenvalue weighted by atomic mass is 16.5. The van der Waals surface area contributed by atoms with Gasteiger partial charge in [-0.1, -0.05) is 0 Å². The molecule has 14 heavy (non-hydrogen) atoms. The van der Waals surface area contributed by atoms with Crippen LogP contribution in [0.4, 0.5) is 0 Å². The van der Waals surface area contributed by atoms with Crippen molar-refractivity contribution in [1.29, 1.82) is 0 Å². The molecule has 0 saturated heterocycles. The summed E-state index contributed by atoms with van der Waals surface area (Å²) in [6, 6.07) is 4.05. The number of furan rings is 1. The molecule has 4 nitrogen and oxygen atoms in total. The lowest BCUT2D eigenvalue weighted by atomic mass is 10.1. The van der Waals surface area contributed by atoms with Crippen LogP contribution in [0.2, 0.25) is 0 Å². The molecule has 4 heteroatoms. The molecule has 0 fully saturated rings. The summed E-state index contributed by atoms with van der Waals surface area (Å²) in [6.07, 6.45) is 3.49. The molecular weight excluding hydrogens is 180 g/mol. The van der Waals surface area contributed by atoms with Gasteiger partial charge in [-0.25, -0.2) is 0 Å². The van der Waals surface area contributed by atoms with Gasteiger partial charge in [-0.15, -0.1) is 0 Å². The van der Waals surface area contributed by atoms with Crippen LogP contribution in [0.1, 0.15) is 19.1 Å². The van der Waals surface area contributed by atoms with Gasteiger partial charge in [0.2, 0.25) is 0 Å². The van der Waals surface area contributed by atoms with E-state index in [2.05, 4.69) is 5.43 Å². The number of hydrogen-bond acceptors (Lipinski definition) is 4. The predicted molar refractivity (Wildman–Crippen MR) is 54.6 cm³/mol. The Balaban J connectivity index is 2.20. The molecule has 1 aromatic rings.